The van der Waals surface area contributed by atoms with Gasteiger partial charge >= 0.3 is 0 Å². The van der Waals surface area contributed by atoms with Gasteiger partial charge in [-0.05, 0) is 25.0 Å². The van der Waals surface area contributed by atoms with Crippen molar-refractivity contribution in [3.8, 4) is 11.3 Å². The molecule has 76 valence electrons. The molecule has 0 atom stereocenters. The Balaban J connectivity index is 2.03. The molecule has 0 amide bonds. The Labute approximate surface area is 88.8 Å². The van der Waals surface area contributed by atoms with Crippen molar-refractivity contribution in [2.75, 3.05) is 0 Å². The smallest absolute Gasteiger partial charge is 0.109 e. The molecule has 0 radical (unpaired) electrons. The second-order valence-electron chi connectivity index (χ2n) is 3.93. The minimum atomic E-state index is 1.08. The van der Waals surface area contributed by atoms with Crippen LogP contribution in [0.25, 0.3) is 11.3 Å². The predicted molar refractivity (Wildman–Crippen MR) is 58.4 cm³/mol. The predicted octanol–water partition coefficient (Wildman–Crippen LogP) is 2.28. The topological polar surface area (TPSA) is 30.7 Å². The quantitative estimate of drug-likeness (QED) is 0.705. The zero-order valence-electron chi connectivity index (χ0n) is 8.56. The SMILES string of the molecule is c1cc(-c2cn3c(n2)CCCC3)ccn1. The summed E-state index contributed by atoms with van der Waals surface area (Å²) in [5.74, 6) is 1.23. The van der Waals surface area contributed by atoms with Crippen LogP contribution in [0.2, 0.25) is 0 Å². The first-order valence-corrected chi connectivity index (χ1v) is 5.40. The van der Waals surface area contributed by atoms with E-state index in [-0.39, 0.29) is 0 Å². The van der Waals surface area contributed by atoms with Crippen LogP contribution in [0.3, 0.4) is 0 Å². The Morgan fingerprint density at radius 1 is 1.13 bits per heavy atom. The van der Waals surface area contributed by atoms with E-state index in [0.717, 1.165) is 24.2 Å². The summed E-state index contributed by atoms with van der Waals surface area (Å²) < 4.78 is 2.28. The van der Waals surface area contributed by atoms with Crippen molar-refractivity contribution in [2.45, 2.75) is 25.8 Å². The molecule has 0 bridgehead atoms. The molecule has 2 aromatic heterocycles. The van der Waals surface area contributed by atoms with Crippen molar-refractivity contribution in [3.05, 3.63) is 36.5 Å². The number of aryl methyl sites for hydroxylation is 2. The minimum absolute atomic E-state index is 1.08. The van der Waals surface area contributed by atoms with Gasteiger partial charge in [-0.25, -0.2) is 4.98 Å². The highest BCUT2D eigenvalue weighted by Gasteiger charge is 2.12. The lowest BCUT2D eigenvalue weighted by Crippen LogP contribution is -2.08. The standard InChI is InChI=1S/C12H13N3/c1-2-8-15-9-11(14-12(15)3-1)10-4-6-13-7-5-10/h4-7,9H,1-3,8H2. The van der Waals surface area contributed by atoms with E-state index in [0.29, 0.717) is 0 Å². The second kappa shape index (κ2) is 3.50. The Morgan fingerprint density at radius 3 is 2.80 bits per heavy atom. The van der Waals surface area contributed by atoms with Gasteiger partial charge in [-0.2, -0.15) is 0 Å². The highest BCUT2D eigenvalue weighted by atomic mass is 15.1. The summed E-state index contributed by atoms with van der Waals surface area (Å²) in [6.07, 6.45) is 9.45. The number of aromatic nitrogens is 3. The van der Waals surface area contributed by atoms with E-state index in [1.807, 2.05) is 24.5 Å². The van der Waals surface area contributed by atoms with Crippen molar-refractivity contribution in [3.63, 3.8) is 0 Å². The maximum atomic E-state index is 4.66. The summed E-state index contributed by atoms with van der Waals surface area (Å²) in [5.41, 5.74) is 2.24. The van der Waals surface area contributed by atoms with Crippen LogP contribution in [-0.2, 0) is 13.0 Å². The van der Waals surface area contributed by atoms with Crippen molar-refractivity contribution in [1.82, 2.24) is 14.5 Å². The summed E-state index contributed by atoms with van der Waals surface area (Å²) >= 11 is 0. The largest absolute Gasteiger partial charge is 0.334 e. The van der Waals surface area contributed by atoms with E-state index in [1.54, 1.807) is 0 Å². The van der Waals surface area contributed by atoms with Gasteiger partial charge in [-0.15, -0.1) is 0 Å². The first-order chi connectivity index (χ1) is 7.43. The first-order valence-electron chi connectivity index (χ1n) is 5.40. The van der Waals surface area contributed by atoms with Crippen molar-refractivity contribution in [1.29, 1.82) is 0 Å². The Kier molecular flexibility index (Phi) is 2.02. The van der Waals surface area contributed by atoms with Crippen LogP contribution in [0.1, 0.15) is 18.7 Å². The van der Waals surface area contributed by atoms with Crippen LogP contribution >= 0.6 is 0 Å². The monoisotopic (exact) mass is 199 g/mol. The average molecular weight is 199 g/mol. The number of hydrogen-bond donors (Lipinski definition) is 0. The third kappa shape index (κ3) is 1.54. The third-order valence-electron chi connectivity index (χ3n) is 2.88. The van der Waals surface area contributed by atoms with Gasteiger partial charge in [0.15, 0.2) is 0 Å². The van der Waals surface area contributed by atoms with Crippen molar-refractivity contribution < 1.29 is 0 Å². The summed E-state index contributed by atoms with van der Waals surface area (Å²) in [7, 11) is 0. The molecule has 1 aliphatic rings. The van der Waals surface area contributed by atoms with Gasteiger partial charge < -0.3 is 4.57 Å². The molecule has 3 heteroatoms. The van der Waals surface area contributed by atoms with Gasteiger partial charge in [0, 0.05) is 37.1 Å². The highest BCUT2D eigenvalue weighted by Crippen LogP contribution is 2.21. The van der Waals surface area contributed by atoms with E-state index >= 15 is 0 Å². The van der Waals surface area contributed by atoms with Crippen molar-refractivity contribution >= 4 is 0 Å². The van der Waals surface area contributed by atoms with Gasteiger partial charge in [0.1, 0.15) is 5.82 Å². The van der Waals surface area contributed by atoms with Gasteiger partial charge in [0.25, 0.3) is 0 Å². The Hall–Kier alpha value is -1.64. The maximum Gasteiger partial charge on any atom is 0.109 e. The van der Waals surface area contributed by atoms with Crippen LogP contribution in [0.5, 0.6) is 0 Å². The Bertz CT molecular complexity index is 435. The molecule has 0 N–H and O–H groups in total. The van der Waals surface area contributed by atoms with Crippen LogP contribution in [-0.4, -0.2) is 14.5 Å². The molecule has 0 aliphatic carbocycles. The van der Waals surface area contributed by atoms with Crippen molar-refractivity contribution in [2.24, 2.45) is 0 Å². The van der Waals surface area contributed by atoms with E-state index in [9.17, 15) is 0 Å². The lowest BCUT2D eigenvalue weighted by molar-refractivity contribution is 0.522. The molecule has 0 fully saturated rings. The molecule has 0 saturated carbocycles. The molecule has 2 aromatic rings. The minimum Gasteiger partial charge on any atom is -0.334 e. The second-order valence-corrected chi connectivity index (χ2v) is 3.93. The van der Waals surface area contributed by atoms with E-state index in [1.165, 1.54) is 18.7 Å². The maximum absolute atomic E-state index is 4.66. The molecule has 3 nitrogen and oxygen atoms in total. The molecule has 0 aromatic carbocycles. The molecule has 0 spiro atoms. The number of pyridine rings is 1. The van der Waals surface area contributed by atoms with Gasteiger partial charge in [-0.3, -0.25) is 4.98 Å². The fourth-order valence-corrected chi connectivity index (χ4v) is 2.07. The van der Waals surface area contributed by atoms with Crippen LogP contribution in [0, 0.1) is 0 Å². The molecular formula is C12H13N3. The van der Waals surface area contributed by atoms with Gasteiger partial charge in [0.05, 0.1) is 5.69 Å². The van der Waals surface area contributed by atoms with Gasteiger partial charge in [-0.1, -0.05) is 0 Å². The molecule has 15 heavy (non-hydrogen) atoms. The molecule has 0 saturated heterocycles. The number of hydrogen-bond acceptors (Lipinski definition) is 2. The third-order valence-corrected chi connectivity index (χ3v) is 2.88. The number of rotatable bonds is 1. The molecule has 3 heterocycles. The zero-order chi connectivity index (χ0) is 10.1. The molecule has 1 aliphatic heterocycles. The molecule has 3 rings (SSSR count). The summed E-state index contributed by atoms with van der Waals surface area (Å²) in [4.78, 5) is 8.67. The number of nitrogens with zero attached hydrogens (tertiary/aromatic N) is 3. The summed E-state index contributed by atoms with van der Waals surface area (Å²) in [5, 5.41) is 0. The van der Waals surface area contributed by atoms with E-state index in [4.69, 9.17) is 0 Å². The lowest BCUT2D eigenvalue weighted by Gasteiger charge is -2.11. The first kappa shape index (κ1) is 8.65. The molecule has 0 unspecified atom stereocenters. The van der Waals surface area contributed by atoms with E-state index < -0.39 is 0 Å². The average Bonchev–Trinajstić information content (AvgIpc) is 2.74. The van der Waals surface area contributed by atoms with Crippen LogP contribution in [0.15, 0.2) is 30.7 Å². The Morgan fingerprint density at radius 2 is 2.00 bits per heavy atom. The van der Waals surface area contributed by atoms with Crippen LogP contribution in [0.4, 0.5) is 0 Å². The number of fused-ring (bicyclic) bond motifs is 1. The normalized spacial score (nSPS) is 14.9. The fourth-order valence-electron chi connectivity index (χ4n) is 2.07. The lowest BCUT2D eigenvalue weighted by atomic mass is 10.2. The zero-order valence-corrected chi connectivity index (χ0v) is 8.56. The van der Waals surface area contributed by atoms with Crippen LogP contribution < -0.4 is 0 Å². The highest BCUT2D eigenvalue weighted by molar-refractivity contribution is 5.57. The van der Waals surface area contributed by atoms with Gasteiger partial charge in [0.2, 0.25) is 0 Å². The molecular weight excluding hydrogens is 186 g/mol. The number of imidazole rings is 1. The summed E-state index contributed by atoms with van der Waals surface area (Å²) in [6.45, 7) is 1.12. The van der Waals surface area contributed by atoms with E-state index in [2.05, 4.69) is 20.7 Å². The summed E-state index contributed by atoms with van der Waals surface area (Å²) in [6, 6.07) is 4.02. The fraction of sp³-hybridized carbons (Fsp3) is 0.333.